The Morgan fingerprint density at radius 2 is 1.91 bits per heavy atom. The van der Waals surface area contributed by atoms with Gasteiger partial charge >= 0.3 is 0 Å². The molecule has 0 spiro atoms. The average molecular weight is 463 g/mol. The molecule has 182 valence electrons. The Morgan fingerprint density at radius 1 is 1.18 bits per heavy atom. The second kappa shape index (κ2) is 16.0. The average Bonchev–Trinajstić information content (AvgIpc) is 2.84. The lowest BCUT2D eigenvalue weighted by Gasteiger charge is -2.13. The molecule has 6 nitrogen and oxygen atoms in total. The van der Waals surface area contributed by atoms with E-state index in [-0.39, 0.29) is 17.7 Å². The van der Waals surface area contributed by atoms with E-state index in [4.69, 9.17) is 5.73 Å². The van der Waals surface area contributed by atoms with Gasteiger partial charge < -0.3 is 16.4 Å². The van der Waals surface area contributed by atoms with Crippen molar-refractivity contribution in [1.29, 1.82) is 0 Å². The number of nitrogens with two attached hydrogens (primary N) is 1. The van der Waals surface area contributed by atoms with E-state index in [0.29, 0.717) is 12.1 Å². The van der Waals surface area contributed by atoms with Crippen LogP contribution in [0.4, 0.5) is 5.69 Å². The number of anilines is 1. The summed E-state index contributed by atoms with van der Waals surface area (Å²) >= 11 is 0. The van der Waals surface area contributed by atoms with E-state index in [2.05, 4.69) is 28.8 Å². The maximum Gasteiger partial charge on any atom is 0.227 e. The number of carbonyl (C=O) groups is 2. The van der Waals surface area contributed by atoms with Gasteiger partial charge in [0.25, 0.3) is 0 Å². The zero-order valence-electron chi connectivity index (χ0n) is 20.6. The number of benzene rings is 1. The normalized spacial score (nSPS) is 11.9. The van der Waals surface area contributed by atoms with Gasteiger partial charge in [-0.05, 0) is 37.5 Å². The van der Waals surface area contributed by atoms with Crippen LogP contribution in [0.15, 0.2) is 85.3 Å². The number of hydrogen-bond donors (Lipinski definition) is 3. The minimum absolute atomic E-state index is 0.0134. The molecule has 6 heteroatoms. The fourth-order valence-corrected chi connectivity index (χ4v) is 3.14. The van der Waals surface area contributed by atoms with Crippen molar-refractivity contribution >= 4 is 28.4 Å². The van der Waals surface area contributed by atoms with Crippen LogP contribution in [0.5, 0.6) is 0 Å². The lowest BCUT2D eigenvalue weighted by atomic mass is 10.0. The predicted molar refractivity (Wildman–Crippen MR) is 143 cm³/mol. The summed E-state index contributed by atoms with van der Waals surface area (Å²) in [4.78, 5) is 27.9. The number of carbonyl (C=O) groups excluding carboxylic acids is 2. The van der Waals surface area contributed by atoms with Crippen molar-refractivity contribution in [1.82, 2.24) is 10.3 Å². The van der Waals surface area contributed by atoms with Gasteiger partial charge in [-0.3, -0.25) is 14.6 Å². The van der Waals surface area contributed by atoms with Gasteiger partial charge in [0.05, 0.1) is 11.2 Å². The van der Waals surface area contributed by atoms with Crippen molar-refractivity contribution in [2.45, 2.75) is 46.0 Å². The quantitative estimate of drug-likeness (QED) is 0.297. The molecule has 1 atom stereocenters. The highest BCUT2D eigenvalue weighted by Gasteiger charge is 2.14. The number of fused-ring (bicyclic) bond motifs is 1. The van der Waals surface area contributed by atoms with Crippen LogP contribution in [0.25, 0.3) is 10.9 Å². The van der Waals surface area contributed by atoms with Gasteiger partial charge in [0.1, 0.15) is 0 Å². The van der Waals surface area contributed by atoms with E-state index in [1.165, 1.54) is 0 Å². The molecule has 2 rings (SSSR count). The Labute approximate surface area is 203 Å². The fraction of sp³-hybridized carbons (Fsp3) is 0.321. The second-order valence-electron chi connectivity index (χ2n) is 7.92. The molecule has 1 aromatic heterocycles. The number of para-hydroxylation sites is 1. The van der Waals surface area contributed by atoms with Crippen molar-refractivity contribution in [3.05, 3.63) is 85.3 Å². The number of hydrogen-bond acceptors (Lipinski definition) is 4. The fourth-order valence-electron chi connectivity index (χ4n) is 3.14. The van der Waals surface area contributed by atoms with Crippen LogP contribution in [-0.4, -0.2) is 23.8 Å². The van der Waals surface area contributed by atoms with Crippen LogP contribution in [0.3, 0.4) is 0 Å². The zero-order valence-corrected chi connectivity index (χ0v) is 20.6. The SMILES string of the molecule is C=C/C(=C\C=C/C)C(=C)N.CNC(=O)CCCCCC(C)C(=O)Nc1cccc2cccnc12. The number of unbranched alkanes of at least 4 members (excludes halogenated alkanes) is 2. The molecular weight excluding hydrogens is 424 g/mol. The van der Waals surface area contributed by atoms with E-state index in [1.54, 1.807) is 19.3 Å². The first kappa shape index (κ1) is 28.4. The maximum atomic E-state index is 12.4. The van der Waals surface area contributed by atoms with Gasteiger partial charge in [0.15, 0.2) is 0 Å². The van der Waals surface area contributed by atoms with Crippen LogP contribution < -0.4 is 16.4 Å². The Kier molecular flexibility index (Phi) is 13.4. The van der Waals surface area contributed by atoms with Gasteiger partial charge in [-0.25, -0.2) is 0 Å². The number of allylic oxidation sites excluding steroid dienone is 4. The summed E-state index contributed by atoms with van der Waals surface area (Å²) < 4.78 is 0. The molecule has 34 heavy (non-hydrogen) atoms. The first-order chi connectivity index (χ1) is 16.3. The van der Waals surface area contributed by atoms with Gasteiger partial charge in [0.2, 0.25) is 11.8 Å². The van der Waals surface area contributed by atoms with Crippen molar-refractivity contribution in [3.63, 3.8) is 0 Å². The van der Waals surface area contributed by atoms with Gasteiger partial charge in [0, 0.05) is 36.7 Å². The van der Waals surface area contributed by atoms with E-state index < -0.39 is 0 Å². The molecule has 1 unspecified atom stereocenters. The van der Waals surface area contributed by atoms with Crippen LogP contribution in [0, 0.1) is 5.92 Å². The Morgan fingerprint density at radius 3 is 2.56 bits per heavy atom. The van der Waals surface area contributed by atoms with Crippen LogP contribution in [0.2, 0.25) is 0 Å². The summed E-state index contributed by atoms with van der Waals surface area (Å²) in [7, 11) is 1.65. The maximum absolute atomic E-state index is 12.4. The zero-order chi connectivity index (χ0) is 25.3. The molecule has 1 heterocycles. The third-order valence-electron chi connectivity index (χ3n) is 5.22. The lowest BCUT2D eigenvalue weighted by molar-refractivity contribution is -0.121. The molecular formula is C28H38N4O2. The predicted octanol–water partition coefficient (Wildman–Crippen LogP) is 5.65. The van der Waals surface area contributed by atoms with E-state index in [1.807, 2.05) is 62.4 Å². The molecule has 0 aliphatic carbocycles. The number of nitrogens with zero attached hydrogens (tertiary/aromatic N) is 1. The number of pyridine rings is 1. The standard InChI is InChI=1S/C19H25N3O2.C9H13N/c1-14(8-4-3-5-12-17(23)20-2)19(24)22-16-11-6-9-15-10-7-13-21-18(15)16;1-4-6-7-9(5-2)8(3)10/h6-7,9-11,13-14H,3-5,8,12H2,1-2H3,(H,20,23)(H,22,24);4-7H,2-3,10H2,1H3/b;6-4-,9-7+. The van der Waals surface area contributed by atoms with E-state index in [9.17, 15) is 9.59 Å². The number of aromatic nitrogens is 1. The summed E-state index contributed by atoms with van der Waals surface area (Å²) in [5.41, 5.74) is 8.41. The lowest BCUT2D eigenvalue weighted by Crippen LogP contribution is -2.20. The molecule has 0 saturated carbocycles. The molecule has 2 amide bonds. The molecule has 0 fully saturated rings. The summed E-state index contributed by atoms with van der Waals surface area (Å²) in [6.45, 7) is 11.1. The first-order valence-electron chi connectivity index (χ1n) is 11.6. The summed E-state index contributed by atoms with van der Waals surface area (Å²) in [6.07, 6.45) is 13.2. The first-order valence-corrected chi connectivity index (χ1v) is 11.6. The minimum Gasteiger partial charge on any atom is -0.399 e. The molecule has 4 N–H and O–H groups in total. The van der Waals surface area contributed by atoms with Gasteiger partial charge in [-0.1, -0.05) is 75.4 Å². The van der Waals surface area contributed by atoms with Crippen LogP contribution in [-0.2, 0) is 9.59 Å². The highest BCUT2D eigenvalue weighted by Crippen LogP contribution is 2.22. The molecule has 0 aliphatic rings. The highest BCUT2D eigenvalue weighted by molar-refractivity contribution is 6.00. The summed E-state index contributed by atoms with van der Waals surface area (Å²) in [6, 6.07) is 9.64. The smallest absolute Gasteiger partial charge is 0.227 e. The third kappa shape index (κ3) is 10.3. The summed E-state index contributed by atoms with van der Waals surface area (Å²) in [5, 5.41) is 6.61. The summed E-state index contributed by atoms with van der Waals surface area (Å²) in [5.74, 6) is 0.0210. The molecule has 0 bridgehead atoms. The van der Waals surface area contributed by atoms with Crippen molar-refractivity contribution in [3.8, 4) is 0 Å². The van der Waals surface area contributed by atoms with Crippen molar-refractivity contribution < 1.29 is 9.59 Å². The largest absolute Gasteiger partial charge is 0.399 e. The molecule has 0 saturated heterocycles. The van der Waals surface area contributed by atoms with E-state index >= 15 is 0 Å². The Hall–Kier alpha value is -3.67. The molecule has 0 aliphatic heterocycles. The molecule has 2 aromatic rings. The minimum atomic E-state index is -0.0658. The number of rotatable bonds is 11. The molecule has 1 aromatic carbocycles. The number of amides is 2. The van der Waals surface area contributed by atoms with Gasteiger partial charge in [-0.15, -0.1) is 0 Å². The van der Waals surface area contributed by atoms with Crippen LogP contribution >= 0.6 is 0 Å². The Bertz CT molecular complexity index is 1020. The van der Waals surface area contributed by atoms with Crippen molar-refractivity contribution in [2.75, 3.05) is 12.4 Å². The van der Waals surface area contributed by atoms with Gasteiger partial charge in [-0.2, -0.15) is 0 Å². The third-order valence-corrected chi connectivity index (χ3v) is 5.22. The van der Waals surface area contributed by atoms with E-state index in [0.717, 1.165) is 47.8 Å². The monoisotopic (exact) mass is 462 g/mol. The number of nitrogens with one attached hydrogen (secondary N) is 2. The van der Waals surface area contributed by atoms with Crippen molar-refractivity contribution in [2.24, 2.45) is 11.7 Å². The second-order valence-corrected chi connectivity index (χ2v) is 7.92. The molecule has 0 radical (unpaired) electrons. The Balaban J connectivity index is 0.000000489. The highest BCUT2D eigenvalue weighted by atomic mass is 16.2. The topological polar surface area (TPSA) is 97.1 Å². The van der Waals surface area contributed by atoms with Crippen LogP contribution in [0.1, 0.15) is 46.0 Å².